The minimum absolute atomic E-state index is 0.0966. The van der Waals surface area contributed by atoms with Gasteiger partial charge in [-0.3, -0.25) is 0 Å². The van der Waals surface area contributed by atoms with Crippen LogP contribution < -0.4 is 10.5 Å². The molecule has 6 heteroatoms. The van der Waals surface area contributed by atoms with Crippen LogP contribution in [0.15, 0.2) is 12.3 Å². The molecule has 0 unspecified atom stereocenters. The Kier molecular flexibility index (Phi) is 2.94. The minimum atomic E-state index is -2.61. The number of alkyl halides is 2. The molecule has 1 aromatic rings. The average molecular weight is 192 g/mol. The summed E-state index contributed by atoms with van der Waals surface area (Å²) in [5, 5.41) is 0. The maximum absolute atomic E-state index is 12.4. The number of aromatic nitrogens is 1. The molecule has 3 nitrogen and oxygen atoms in total. The number of anilines is 1. The SMILES string of the molecule is Nc1cc(F)cnc1OCC(F)F. The average Bonchev–Trinajstić information content (AvgIpc) is 2.02. The van der Waals surface area contributed by atoms with Crippen LogP contribution in [0.3, 0.4) is 0 Å². The molecule has 0 spiro atoms. The molecule has 72 valence electrons. The van der Waals surface area contributed by atoms with E-state index in [0.29, 0.717) is 0 Å². The van der Waals surface area contributed by atoms with Gasteiger partial charge in [0, 0.05) is 6.07 Å². The van der Waals surface area contributed by atoms with Crippen LogP contribution >= 0.6 is 0 Å². The molecule has 0 atom stereocenters. The van der Waals surface area contributed by atoms with E-state index < -0.39 is 18.8 Å². The fraction of sp³-hybridized carbons (Fsp3) is 0.286. The zero-order valence-corrected chi connectivity index (χ0v) is 6.51. The fourth-order valence-corrected chi connectivity index (χ4v) is 0.705. The summed E-state index contributed by atoms with van der Waals surface area (Å²) in [5.41, 5.74) is 5.14. The van der Waals surface area contributed by atoms with Crippen LogP contribution in [0.2, 0.25) is 0 Å². The van der Waals surface area contributed by atoms with Gasteiger partial charge in [0.05, 0.1) is 11.9 Å². The monoisotopic (exact) mass is 192 g/mol. The van der Waals surface area contributed by atoms with E-state index in [9.17, 15) is 13.2 Å². The number of rotatable bonds is 3. The predicted molar refractivity (Wildman–Crippen MR) is 40.1 cm³/mol. The van der Waals surface area contributed by atoms with E-state index in [2.05, 4.69) is 9.72 Å². The molecule has 2 N–H and O–H groups in total. The molecule has 0 bridgehead atoms. The maximum Gasteiger partial charge on any atom is 0.272 e. The van der Waals surface area contributed by atoms with Crippen LogP contribution in [-0.4, -0.2) is 18.0 Å². The lowest BCUT2D eigenvalue weighted by Gasteiger charge is -2.05. The van der Waals surface area contributed by atoms with Gasteiger partial charge in [0.15, 0.2) is 6.61 Å². The van der Waals surface area contributed by atoms with Crippen molar-refractivity contribution in [2.75, 3.05) is 12.3 Å². The number of nitrogen functional groups attached to an aromatic ring is 1. The van der Waals surface area contributed by atoms with E-state index in [4.69, 9.17) is 5.73 Å². The molecule has 0 saturated heterocycles. The van der Waals surface area contributed by atoms with Crippen LogP contribution in [0.4, 0.5) is 18.9 Å². The Balaban J connectivity index is 2.67. The Hall–Kier alpha value is -1.46. The topological polar surface area (TPSA) is 48.1 Å². The molecule has 0 aromatic carbocycles. The summed E-state index contributed by atoms with van der Waals surface area (Å²) < 4.78 is 40.2. The molecule has 1 rings (SSSR count). The van der Waals surface area contributed by atoms with Crippen molar-refractivity contribution in [3.63, 3.8) is 0 Å². The number of halogens is 3. The molecular weight excluding hydrogens is 185 g/mol. The first kappa shape index (κ1) is 9.63. The standard InChI is InChI=1S/C7H7F3N2O/c8-4-1-5(11)7(12-2-4)13-3-6(9)10/h1-2,6H,3,11H2. The third kappa shape index (κ3) is 2.81. The number of hydrogen-bond acceptors (Lipinski definition) is 3. The quantitative estimate of drug-likeness (QED) is 0.788. The second-order valence-electron chi connectivity index (χ2n) is 2.25. The van der Waals surface area contributed by atoms with Crippen molar-refractivity contribution >= 4 is 5.69 Å². The van der Waals surface area contributed by atoms with Crippen molar-refractivity contribution in [3.8, 4) is 5.88 Å². The van der Waals surface area contributed by atoms with Crippen LogP contribution in [0.5, 0.6) is 5.88 Å². The number of hydrogen-bond donors (Lipinski definition) is 1. The Morgan fingerprint density at radius 3 is 2.77 bits per heavy atom. The van der Waals surface area contributed by atoms with E-state index in [-0.39, 0.29) is 11.6 Å². The van der Waals surface area contributed by atoms with Crippen LogP contribution in [0, 0.1) is 5.82 Å². The minimum Gasteiger partial charge on any atom is -0.470 e. The zero-order chi connectivity index (χ0) is 9.84. The number of nitrogens with two attached hydrogens (primary N) is 1. The first-order valence-corrected chi connectivity index (χ1v) is 3.41. The molecule has 0 saturated carbocycles. The van der Waals surface area contributed by atoms with Gasteiger partial charge in [0.1, 0.15) is 5.82 Å². The fourth-order valence-electron chi connectivity index (χ4n) is 0.705. The lowest BCUT2D eigenvalue weighted by Crippen LogP contribution is -2.09. The van der Waals surface area contributed by atoms with Crippen molar-refractivity contribution in [1.82, 2.24) is 4.98 Å². The number of nitrogens with zero attached hydrogens (tertiary/aromatic N) is 1. The second-order valence-corrected chi connectivity index (χ2v) is 2.25. The highest BCUT2D eigenvalue weighted by atomic mass is 19.3. The largest absolute Gasteiger partial charge is 0.470 e. The van der Waals surface area contributed by atoms with Crippen molar-refractivity contribution in [3.05, 3.63) is 18.1 Å². The van der Waals surface area contributed by atoms with Gasteiger partial charge in [-0.25, -0.2) is 18.2 Å². The summed E-state index contributed by atoms with van der Waals surface area (Å²) in [6, 6.07) is 0.952. The summed E-state index contributed by atoms with van der Waals surface area (Å²) in [6.07, 6.45) is -1.76. The Labute approximate surface area is 72.3 Å². The van der Waals surface area contributed by atoms with E-state index in [1.165, 1.54) is 0 Å². The summed E-state index contributed by atoms with van der Waals surface area (Å²) in [5.74, 6) is -0.816. The van der Waals surface area contributed by atoms with Gasteiger partial charge in [-0.2, -0.15) is 0 Å². The Morgan fingerprint density at radius 1 is 1.54 bits per heavy atom. The Bertz CT molecular complexity index is 293. The van der Waals surface area contributed by atoms with Gasteiger partial charge in [-0.15, -0.1) is 0 Å². The lowest BCUT2D eigenvalue weighted by atomic mass is 10.4. The normalized spacial score (nSPS) is 10.5. The number of pyridine rings is 1. The zero-order valence-electron chi connectivity index (χ0n) is 6.51. The van der Waals surface area contributed by atoms with E-state index in [1.807, 2.05) is 0 Å². The van der Waals surface area contributed by atoms with E-state index in [1.54, 1.807) is 0 Å². The molecule has 1 heterocycles. The Morgan fingerprint density at radius 2 is 2.23 bits per heavy atom. The molecule has 0 fully saturated rings. The maximum atomic E-state index is 12.4. The molecular formula is C7H7F3N2O. The molecule has 0 aliphatic heterocycles. The van der Waals surface area contributed by atoms with Gasteiger partial charge in [0.2, 0.25) is 5.88 Å². The van der Waals surface area contributed by atoms with Crippen LogP contribution in [0.25, 0.3) is 0 Å². The van der Waals surface area contributed by atoms with E-state index >= 15 is 0 Å². The first-order chi connectivity index (χ1) is 6.09. The van der Waals surface area contributed by atoms with E-state index in [0.717, 1.165) is 12.3 Å². The van der Waals surface area contributed by atoms with Gasteiger partial charge >= 0.3 is 0 Å². The molecule has 0 radical (unpaired) electrons. The number of ether oxygens (including phenoxy) is 1. The lowest BCUT2D eigenvalue weighted by molar-refractivity contribution is 0.0799. The van der Waals surface area contributed by atoms with Crippen LogP contribution in [0.1, 0.15) is 0 Å². The van der Waals surface area contributed by atoms with Crippen molar-refractivity contribution in [2.24, 2.45) is 0 Å². The van der Waals surface area contributed by atoms with Crippen molar-refractivity contribution < 1.29 is 17.9 Å². The highest BCUT2D eigenvalue weighted by Crippen LogP contribution is 2.18. The van der Waals surface area contributed by atoms with Gasteiger partial charge in [-0.1, -0.05) is 0 Å². The molecule has 0 amide bonds. The smallest absolute Gasteiger partial charge is 0.272 e. The molecule has 0 aliphatic rings. The second kappa shape index (κ2) is 3.97. The summed E-state index contributed by atoms with van der Waals surface area (Å²) in [7, 11) is 0. The summed E-state index contributed by atoms with van der Waals surface area (Å²) in [4.78, 5) is 3.39. The molecule has 13 heavy (non-hydrogen) atoms. The summed E-state index contributed by atoms with van der Waals surface area (Å²) in [6.45, 7) is -0.803. The van der Waals surface area contributed by atoms with Crippen molar-refractivity contribution in [1.29, 1.82) is 0 Å². The molecule has 0 aliphatic carbocycles. The van der Waals surface area contributed by atoms with Crippen molar-refractivity contribution in [2.45, 2.75) is 6.43 Å². The first-order valence-electron chi connectivity index (χ1n) is 3.41. The van der Waals surface area contributed by atoms with Gasteiger partial charge in [0.25, 0.3) is 6.43 Å². The highest BCUT2D eigenvalue weighted by molar-refractivity contribution is 5.47. The van der Waals surface area contributed by atoms with Crippen LogP contribution in [-0.2, 0) is 0 Å². The third-order valence-electron chi connectivity index (χ3n) is 1.19. The van der Waals surface area contributed by atoms with Gasteiger partial charge in [-0.05, 0) is 0 Å². The summed E-state index contributed by atoms with van der Waals surface area (Å²) >= 11 is 0. The highest BCUT2D eigenvalue weighted by Gasteiger charge is 2.07. The molecule has 1 aromatic heterocycles. The van der Waals surface area contributed by atoms with Gasteiger partial charge < -0.3 is 10.5 Å². The third-order valence-corrected chi connectivity index (χ3v) is 1.19. The predicted octanol–water partition coefficient (Wildman–Crippen LogP) is 1.45.